The van der Waals surface area contributed by atoms with Gasteiger partial charge in [-0.15, -0.1) is 0 Å². The molecule has 0 aromatic heterocycles. The van der Waals surface area contributed by atoms with Crippen LogP contribution in [0.5, 0.6) is 0 Å². The van der Waals surface area contributed by atoms with Gasteiger partial charge in [0.15, 0.2) is 0 Å². The highest BCUT2D eigenvalue weighted by Crippen LogP contribution is 2.39. The number of aliphatic hydroxyl groups excluding tert-OH is 1. The molecule has 3 aliphatic rings. The summed E-state index contributed by atoms with van der Waals surface area (Å²) in [5, 5.41) is 9.82. The molecule has 1 aliphatic heterocycles. The lowest BCUT2D eigenvalue weighted by Gasteiger charge is -2.20. The Labute approximate surface area is 102 Å². The summed E-state index contributed by atoms with van der Waals surface area (Å²) in [4.78, 5) is 14.0. The molecule has 4 unspecified atom stereocenters. The molecule has 4 heteroatoms. The van der Waals surface area contributed by atoms with Crippen molar-refractivity contribution in [2.75, 3.05) is 13.1 Å². The van der Waals surface area contributed by atoms with Crippen LogP contribution in [0.25, 0.3) is 0 Å². The quantitative estimate of drug-likeness (QED) is 0.745. The Morgan fingerprint density at radius 1 is 1.29 bits per heavy atom. The molecule has 4 nitrogen and oxygen atoms in total. The van der Waals surface area contributed by atoms with Gasteiger partial charge in [-0.2, -0.15) is 0 Å². The molecule has 1 amide bonds. The van der Waals surface area contributed by atoms with E-state index in [1.807, 2.05) is 4.90 Å². The number of fused-ring (bicyclic) bond motifs is 1. The number of nitrogens with two attached hydrogens (primary N) is 1. The molecule has 0 radical (unpaired) electrons. The van der Waals surface area contributed by atoms with Gasteiger partial charge in [0, 0.05) is 31.5 Å². The van der Waals surface area contributed by atoms with Gasteiger partial charge in [0.25, 0.3) is 0 Å². The number of carbonyl (C=O) groups excluding carboxylic acids is 1. The second kappa shape index (κ2) is 4.25. The van der Waals surface area contributed by atoms with Crippen molar-refractivity contribution in [2.24, 2.45) is 23.5 Å². The van der Waals surface area contributed by atoms with E-state index in [-0.39, 0.29) is 18.1 Å². The zero-order valence-electron chi connectivity index (χ0n) is 10.2. The van der Waals surface area contributed by atoms with Gasteiger partial charge in [0.05, 0.1) is 6.10 Å². The predicted molar refractivity (Wildman–Crippen MR) is 64.1 cm³/mol. The molecule has 4 atom stereocenters. The number of aliphatic hydroxyl groups is 1. The first-order valence-corrected chi connectivity index (χ1v) is 6.86. The molecule has 0 bridgehead atoms. The van der Waals surface area contributed by atoms with Crippen molar-refractivity contribution < 1.29 is 9.90 Å². The van der Waals surface area contributed by atoms with Crippen molar-refractivity contribution in [1.82, 2.24) is 4.90 Å². The predicted octanol–water partition coefficient (Wildman–Crippen LogP) is 0.343. The third kappa shape index (κ3) is 2.20. The largest absolute Gasteiger partial charge is 0.393 e. The molecule has 0 spiro atoms. The number of likely N-dealkylation sites (tertiary alicyclic amines) is 1. The number of carbonyl (C=O) groups is 1. The molecule has 3 N–H and O–H groups in total. The monoisotopic (exact) mass is 238 g/mol. The Bertz CT molecular complexity index is 317. The molecule has 96 valence electrons. The van der Waals surface area contributed by atoms with Crippen LogP contribution >= 0.6 is 0 Å². The van der Waals surface area contributed by atoms with Crippen LogP contribution in [0.15, 0.2) is 0 Å². The molecule has 3 fully saturated rings. The van der Waals surface area contributed by atoms with Gasteiger partial charge < -0.3 is 15.7 Å². The van der Waals surface area contributed by atoms with Crippen molar-refractivity contribution >= 4 is 5.91 Å². The number of amides is 1. The maximum Gasteiger partial charge on any atom is 0.224 e. The molecule has 2 aliphatic carbocycles. The summed E-state index contributed by atoms with van der Waals surface area (Å²) in [5.41, 5.74) is 5.99. The summed E-state index contributed by atoms with van der Waals surface area (Å²) in [7, 11) is 0. The molecule has 17 heavy (non-hydrogen) atoms. The lowest BCUT2D eigenvalue weighted by molar-refractivity contribution is -0.131. The second-order valence-corrected chi connectivity index (χ2v) is 6.07. The molecular weight excluding hydrogens is 216 g/mol. The second-order valence-electron chi connectivity index (χ2n) is 6.07. The normalized spacial score (nSPS) is 38.2. The highest BCUT2D eigenvalue weighted by Gasteiger charge is 2.43. The lowest BCUT2D eigenvalue weighted by atomic mass is 10.00. The van der Waals surface area contributed by atoms with E-state index >= 15 is 0 Å². The van der Waals surface area contributed by atoms with Gasteiger partial charge in [-0.3, -0.25) is 4.79 Å². The van der Waals surface area contributed by atoms with Crippen molar-refractivity contribution in [2.45, 2.75) is 44.2 Å². The minimum atomic E-state index is -0.185. The lowest BCUT2D eigenvalue weighted by Crippen LogP contribution is -2.36. The number of nitrogens with zero attached hydrogens (tertiary/aromatic N) is 1. The summed E-state index contributed by atoms with van der Waals surface area (Å²) in [6.45, 7) is 1.60. The van der Waals surface area contributed by atoms with Crippen LogP contribution in [-0.2, 0) is 4.79 Å². The molecular formula is C13H22N2O2. The van der Waals surface area contributed by atoms with E-state index in [1.165, 1.54) is 12.8 Å². The molecule has 0 aromatic rings. The summed E-state index contributed by atoms with van der Waals surface area (Å²) in [6.07, 6.45) is 4.69. The van der Waals surface area contributed by atoms with E-state index in [1.54, 1.807) is 0 Å². The highest BCUT2D eigenvalue weighted by atomic mass is 16.3. The standard InChI is InChI=1S/C13H22N2O2/c14-11(8-1-2-8)5-13(17)15-6-9-3-4-12(16)10(9)7-15/h8-12,16H,1-7,14H2. The Balaban J connectivity index is 1.53. The zero-order valence-corrected chi connectivity index (χ0v) is 10.2. The maximum absolute atomic E-state index is 12.1. The fourth-order valence-corrected chi connectivity index (χ4v) is 3.46. The molecule has 0 aromatic carbocycles. The highest BCUT2D eigenvalue weighted by molar-refractivity contribution is 5.77. The van der Waals surface area contributed by atoms with E-state index in [2.05, 4.69) is 0 Å². The van der Waals surface area contributed by atoms with Crippen LogP contribution in [0.3, 0.4) is 0 Å². The van der Waals surface area contributed by atoms with Gasteiger partial charge in [-0.1, -0.05) is 0 Å². The minimum Gasteiger partial charge on any atom is -0.393 e. The van der Waals surface area contributed by atoms with Crippen LogP contribution in [0.1, 0.15) is 32.1 Å². The maximum atomic E-state index is 12.1. The van der Waals surface area contributed by atoms with Crippen molar-refractivity contribution in [3.8, 4) is 0 Å². The summed E-state index contributed by atoms with van der Waals surface area (Å²) in [6, 6.07) is 0.0628. The number of rotatable bonds is 3. The first-order chi connectivity index (χ1) is 8.15. The fourth-order valence-electron chi connectivity index (χ4n) is 3.46. The Hall–Kier alpha value is -0.610. The van der Waals surface area contributed by atoms with Crippen LogP contribution in [0.4, 0.5) is 0 Å². The van der Waals surface area contributed by atoms with Crippen LogP contribution in [0, 0.1) is 17.8 Å². The topological polar surface area (TPSA) is 66.6 Å². The van der Waals surface area contributed by atoms with E-state index in [0.29, 0.717) is 24.2 Å². The van der Waals surface area contributed by atoms with E-state index in [0.717, 1.165) is 25.9 Å². The van der Waals surface area contributed by atoms with Crippen molar-refractivity contribution in [3.05, 3.63) is 0 Å². The van der Waals surface area contributed by atoms with Gasteiger partial charge in [0.1, 0.15) is 0 Å². The fraction of sp³-hybridized carbons (Fsp3) is 0.923. The van der Waals surface area contributed by atoms with Crippen LogP contribution < -0.4 is 5.73 Å². The third-order valence-electron chi connectivity index (χ3n) is 4.81. The van der Waals surface area contributed by atoms with Crippen molar-refractivity contribution in [1.29, 1.82) is 0 Å². The molecule has 1 heterocycles. The van der Waals surface area contributed by atoms with Gasteiger partial charge in [-0.25, -0.2) is 0 Å². The molecule has 3 rings (SSSR count). The third-order valence-corrected chi connectivity index (χ3v) is 4.81. The zero-order chi connectivity index (χ0) is 12.0. The minimum absolute atomic E-state index is 0.0628. The van der Waals surface area contributed by atoms with Crippen molar-refractivity contribution in [3.63, 3.8) is 0 Å². The van der Waals surface area contributed by atoms with Gasteiger partial charge in [-0.05, 0) is 37.5 Å². The Morgan fingerprint density at radius 2 is 2.06 bits per heavy atom. The summed E-state index contributed by atoms with van der Waals surface area (Å²) >= 11 is 0. The van der Waals surface area contributed by atoms with Crippen LogP contribution in [-0.4, -0.2) is 41.1 Å². The molecule has 2 saturated carbocycles. The van der Waals surface area contributed by atoms with Gasteiger partial charge >= 0.3 is 0 Å². The SMILES string of the molecule is NC(CC(=O)N1CC2CCC(O)C2C1)C1CC1. The van der Waals surface area contributed by atoms with Crippen LogP contribution in [0.2, 0.25) is 0 Å². The summed E-state index contributed by atoms with van der Waals surface area (Å²) < 4.78 is 0. The smallest absolute Gasteiger partial charge is 0.224 e. The Morgan fingerprint density at radius 3 is 2.71 bits per heavy atom. The average Bonchev–Trinajstić information content (AvgIpc) is 2.97. The molecule has 1 saturated heterocycles. The Kier molecular flexibility index (Phi) is 2.87. The summed E-state index contributed by atoms with van der Waals surface area (Å²) in [5.74, 6) is 1.65. The van der Waals surface area contributed by atoms with Gasteiger partial charge in [0.2, 0.25) is 5.91 Å². The first-order valence-electron chi connectivity index (χ1n) is 6.86. The van der Waals surface area contributed by atoms with E-state index in [4.69, 9.17) is 5.73 Å². The van der Waals surface area contributed by atoms with E-state index in [9.17, 15) is 9.90 Å². The number of hydrogen-bond donors (Lipinski definition) is 2. The average molecular weight is 238 g/mol. The van der Waals surface area contributed by atoms with E-state index < -0.39 is 0 Å². The number of hydrogen-bond acceptors (Lipinski definition) is 3. The first kappa shape index (κ1) is 11.5.